The van der Waals surface area contributed by atoms with Gasteiger partial charge >= 0.3 is 0 Å². The third-order valence-electron chi connectivity index (χ3n) is 6.66. The molecule has 4 aliphatic rings. The van der Waals surface area contributed by atoms with E-state index in [0.29, 0.717) is 30.8 Å². The molecule has 2 N–H and O–H groups in total. The standard InChI is InChI=1S/C19H31N5O3/c1-27-9-7-20-18(25)16-12-23-8-4-14(16)10-15(23)11-24-13-17(21-22-24)19(26)5-2-3-6-19/h13-16,26H,2-12H2,1H3,(H,20,25)/t14?,15-,16+/m1/s1. The third-order valence-corrected chi connectivity index (χ3v) is 6.66. The van der Waals surface area contributed by atoms with Gasteiger partial charge < -0.3 is 15.2 Å². The van der Waals surface area contributed by atoms with Crippen molar-refractivity contribution < 1.29 is 14.6 Å². The Hall–Kier alpha value is -1.51. The Morgan fingerprint density at radius 2 is 2.26 bits per heavy atom. The maximum absolute atomic E-state index is 12.5. The van der Waals surface area contributed by atoms with Crippen LogP contribution in [0.5, 0.6) is 0 Å². The predicted octanol–water partition coefficient (Wildman–Crippen LogP) is 0.513. The molecule has 1 aromatic rings. The SMILES string of the molecule is COCCNC(=O)[C@H]1CN2CCC1C[C@@H]2Cn1cc(C2(O)CCCC2)nn1. The number of rotatable bonds is 7. The molecule has 8 heteroatoms. The molecule has 4 fully saturated rings. The monoisotopic (exact) mass is 377 g/mol. The first-order valence-corrected chi connectivity index (χ1v) is 10.2. The Bertz CT molecular complexity index is 658. The van der Waals surface area contributed by atoms with Crippen molar-refractivity contribution in [3.8, 4) is 0 Å². The summed E-state index contributed by atoms with van der Waals surface area (Å²) in [5.41, 5.74) is -0.0680. The van der Waals surface area contributed by atoms with E-state index >= 15 is 0 Å². The number of hydrogen-bond acceptors (Lipinski definition) is 6. The average Bonchev–Trinajstić information content (AvgIpc) is 3.32. The molecule has 2 bridgehead atoms. The minimum Gasteiger partial charge on any atom is -0.383 e. The zero-order valence-electron chi connectivity index (χ0n) is 16.1. The fraction of sp³-hybridized carbons (Fsp3) is 0.842. The van der Waals surface area contributed by atoms with Gasteiger partial charge in [-0.25, -0.2) is 0 Å². The van der Waals surface area contributed by atoms with Crippen molar-refractivity contribution in [2.75, 3.05) is 33.4 Å². The molecule has 3 aliphatic heterocycles. The number of piperidine rings is 3. The molecule has 27 heavy (non-hydrogen) atoms. The van der Waals surface area contributed by atoms with Gasteiger partial charge in [-0.15, -0.1) is 5.10 Å². The number of methoxy groups -OCH3 is 1. The number of hydrogen-bond donors (Lipinski definition) is 2. The van der Waals surface area contributed by atoms with Crippen LogP contribution in [0.2, 0.25) is 0 Å². The van der Waals surface area contributed by atoms with Crippen molar-refractivity contribution in [2.24, 2.45) is 11.8 Å². The van der Waals surface area contributed by atoms with Crippen LogP contribution in [0.1, 0.15) is 44.2 Å². The van der Waals surface area contributed by atoms with E-state index in [1.54, 1.807) is 7.11 Å². The molecule has 5 rings (SSSR count). The number of aromatic nitrogens is 3. The van der Waals surface area contributed by atoms with Crippen molar-refractivity contribution in [1.29, 1.82) is 0 Å². The lowest BCUT2D eigenvalue weighted by molar-refractivity contribution is -0.133. The van der Waals surface area contributed by atoms with E-state index in [9.17, 15) is 9.90 Å². The van der Waals surface area contributed by atoms with Gasteiger partial charge in [0.25, 0.3) is 0 Å². The zero-order chi connectivity index (χ0) is 18.9. The molecule has 1 saturated carbocycles. The van der Waals surface area contributed by atoms with Crippen LogP contribution in [-0.4, -0.2) is 70.3 Å². The number of aliphatic hydroxyl groups is 1. The van der Waals surface area contributed by atoms with Crippen LogP contribution in [0.15, 0.2) is 6.20 Å². The fourth-order valence-electron chi connectivity index (χ4n) is 5.07. The fourth-order valence-corrected chi connectivity index (χ4v) is 5.07. The minimum absolute atomic E-state index is 0.0809. The van der Waals surface area contributed by atoms with Crippen LogP contribution in [0.3, 0.4) is 0 Å². The highest BCUT2D eigenvalue weighted by molar-refractivity contribution is 5.79. The molecule has 2 unspecified atom stereocenters. The number of nitrogens with one attached hydrogen (secondary N) is 1. The first-order chi connectivity index (χ1) is 13.1. The van der Waals surface area contributed by atoms with Gasteiger partial charge in [0.2, 0.25) is 5.91 Å². The maximum atomic E-state index is 12.5. The van der Waals surface area contributed by atoms with Gasteiger partial charge in [-0.05, 0) is 38.1 Å². The molecule has 3 saturated heterocycles. The second-order valence-corrected chi connectivity index (χ2v) is 8.39. The van der Waals surface area contributed by atoms with Crippen LogP contribution < -0.4 is 5.32 Å². The highest BCUT2D eigenvalue weighted by Crippen LogP contribution is 2.38. The third kappa shape index (κ3) is 3.88. The topological polar surface area (TPSA) is 92.5 Å². The molecular formula is C19H31N5O3. The lowest BCUT2D eigenvalue weighted by atomic mass is 9.75. The molecular weight excluding hydrogens is 346 g/mol. The van der Waals surface area contributed by atoms with Crippen molar-refractivity contribution in [1.82, 2.24) is 25.2 Å². The van der Waals surface area contributed by atoms with Crippen LogP contribution in [0, 0.1) is 11.8 Å². The van der Waals surface area contributed by atoms with E-state index in [-0.39, 0.29) is 11.8 Å². The quantitative estimate of drug-likeness (QED) is 0.673. The number of carbonyl (C=O) groups excluding carboxylic acids is 1. The summed E-state index contributed by atoms with van der Waals surface area (Å²) in [5.74, 6) is 0.675. The number of amides is 1. The zero-order valence-corrected chi connectivity index (χ0v) is 16.1. The van der Waals surface area contributed by atoms with Crippen LogP contribution >= 0.6 is 0 Å². The van der Waals surface area contributed by atoms with Gasteiger partial charge in [-0.1, -0.05) is 18.1 Å². The summed E-state index contributed by atoms with van der Waals surface area (Å²) in [6.07, 6.45) is 7.68. The summed E-state index contributed by atoms with van der Waals surface area (Å²) < 4.78 is 6.89. The average molecular weight is 377 g/mol. The Morgan fingerprint density at radius 3 is 2.96 bits per heavy atom. The van der Waals surface area contributed by atoms with Gasteiger partial charge in [0.05, 0.1) is 25.3 Å². The maximum Gasteiger partial charge on any atom is 0.224 e. The molecule has 150 valence electrons. The first kappa shape index (κ1) is 18.8. The van der Waals surface area contributed by atoms with E-state index < -0.39 is 5.60 Å². The number of ether oxygens (including phenoxy) is 1. The lowest BCUT2D eigenvalue weighted by Crippen LogP contribution is -2.58. The smallest absolute Gasteiger partial charge is 0.224 e. The molecule has 0 radical (unpaired) electrons. The highest BCUT2D eigenvalue weighted by Gasteiger charge is 2.43. The van der Waals surface area contributed by atoms with Crippen molar-refractivity contribution in [3.05, 3.63) is 11.9 Å². The molecule has 0 aromatic carbocycles. The van der Waals surface area contributed by atoms with Crippen molar-refractivity contribution >= 4 is 5.91 Å². The van der Waals surface area contributed by atoms with E-state index in [0.717, 1.165) is 58.2 Å². The number of carbonyl (C=O) groups is 1. The molecule has 8 nitrogen and oxygen atoms in total. The minimum atomic E-state index is -0.782. The second-order valence-electron chi connectivity index (χ2n) is 8.39. The van der Waals surface area contributed by atoms with E-state index in [1.807, 2.05) is 10.9 Å². The van der Waals surface area contributed by atoms with Crippen molar-refractivity contribution in [3.63, 3.8) is 0 Å². The normalized spacial score (nSPS) is 31.9. The van der Waals surface area contributed by atoms with E-state index in [4.69, 9.17) is 4.74 Å². The Kier molecular flexibility index (Phi) is 5.48. The summed E-state index contributed by atoms with van der Waals surface area (Å²) >= 11 is 0. The van der Waals surface area contributed by atoms with Crippen LogP contribution in [0.25, 0.3) is 0 Å². The molecule has 1 aliphatic carbocycles. The molecule has 4 heterocycles. The van der Waals surface area contributed by atoms with Crippen molar-refractivity contribution in [2.45, 2.75) is 56.7 Å². The summed E-state index contributed by atoms with van der Waals surface area (Å²) in [6, 6.07) is 0.388. The second kappa shape index (κ2) is 7.85. The van der Waals surface area contributed by atoms with Gasteiger partial charge in [0, 0.05) is 26.2 Å². The predicted molar refractivity (Wildman–Crippen MR) is 98.8 cm³/mol. The van der Waals surface area contributed by atoms with Gasteiger partial charge in [0.1, 0.15) is 11.3 Å². The molecule has 0 spiro atoms. The van der Waals surface area contributed by atoms with Gasteiger partial charge in [-0.2, -0.15) is 0 Å². The van der Waals surface area contributed by atoms with Crippen LogP contribution in [-0.2, 0) is 21.7 Å². The molecule has 1 aromatic heterocycles. The van der Waals surface area contributed by atoms with Gasteiger partial charge in [0.15, 0.2) is 0 Å². The number of nitrogens with zero attached hydrogens (tertiary/aromatic N) is 4. The lowest BCUT2D eigenvalue weighted by Gasteiger charge is -2.49. The summed E-state index contributed by atoms with van der Waals surface area (Å²) in [7, 11) is 1.64. The van der Waals surface area contributed by atoms with E-state index in [1.165, 1.54) is 0 Å². The summed E-state index contributed by atoms with van der Waals surface area (Å²) in [5, 5.41) is 22.2. The molecule has 4 atom stereocenters. The highest BCUT2D eigenvalue weighted by atomic mass is 16.5. The van der Waals surface area contributed by atoms with E-state index in [2.05, 4.69) is 20.5 Å². The Labute approximate surface area is 160 Å². The Morgan fingerprint density at radius 1 is 1.44 bits per heavy atom. The largest absolute Gasteiger partial charge is 0.383 e. The van der Waals surface area contributed by atoms with Crippen LogP contribution in [0.4, 0.5) is 0 Å². The summed E-state index contributed by atoms with van der Waals surface area (Å²) in [4.78, 5) is 14.9. The Balaban J connectivity index is 1.34. The summed E-state index contributed by atoms with van der Waals surface area (Å²) in [6.45, 7) is 3.77. The first-order valence-electron chi connectivity index (χ1n) is 10.2. The molecule has 1 amide bonds. The van der Waals surface area contributed by atoms with Gasteiger partial charge in [-0.3, -0.25) is 14.4 Å². The number of fused-ring (bicyclic) bond motifs is 3.